The Morgan fingerprint density at radius 3 is 2.51 bits per heavy atom. The smallest absolute Gasteiger partial charge is 0.338 e. The monoisotopic (exact) mass is 476 g/mol. The molecule has 3 saturated carbocycles. The van der Waals surface area contributed by atoms with Crippen molar-refractivity contribution >= 4 is 11.9 Å². The van der Waals surface area contributed by atoms with Gasteiger partial charge in [0.1, 0.15) is 11.7 Å². The van der Waals surface area contributed by atoms with Gasteiger partial charge in [-0.15, -0.1) is 0 Å². The highest BCUT2D eigenvalue weighted by molar-refractivity contribution is 5.89. The van der Waals surface area contributed by atoms with Crippen molar-refractivity contribution in [3.8, 4) is 0 Å². The lowest BCUT2D eigenvalue weighted by molar-refractivity contribution is -0.158. The van der Waals surface area contributed by atoms with E-state index >= 15 is 0 Å². The molecule has 6 rings (SSSR count). The van der Waals surface area contributed by atoms with Crippen LogP contribution in [-0.4, -0.2) is 23.6 Å². The van der Waals surface area contributed by atoms with E-state index in [2.05, 4.69) is 26.8 Å². The van der Waals surface area contributed by atoms with Crippen LogP contribution < -0.4 is 0 Å². The highest BCUT2D eigenvalue weighted by Gasteiger charge is 2.63. The van der Waals surface area contributed by atoms with Gasteiger partial charge >= 0.3 is 11.9 Å². The molecule has 1 aliphatic heterocycles. The minimum atomic E-state index is -0.270. The van der Waals surface area contributed by atoms with Crippen molar-refractivity contribution in [3.63, 3.8) is 0 Å². The summed E-state index contributed by atoms with van der Waals surface area (Å²) in [6, 6.07) is 9.37. The van der Waals surface area contributed by atoms with Gasteiger partial charge in [0.15, 0.2) is 0 Å². The fourth-order valence-corrected chi connectivity index (χ4v) is 9.48. The lowest BCUT2D eigenvalue weighted by Gasteiger charge is -2.59. The first-order valence-electron chi connectivity index (χ1n) is 13.9. The molecule has 8 atom stereocenters. The normalized spacial score (nSPS) is 44.5. The average molecular weight is 477 g/mol. The van der Waals surface area contributed by atoms with Crippen LogP contribution in [-0.2, 0) is 14.3 Å². The number of hydrogen-bond acceptors (Lipinski definition) is 4. The Morgan fingerprint density at radius 2 is 1.77 bits per heavy atom. The van der Waals surface area contributed by atoms with Crippen LogP contribution in [0.25, 0.3) is 0 Å². The average Bonchev–Trinajstić information content (AvgIpc) is 3.39. The molecule has 1 aromatic rings. The standard InChI is InChI=1S/C31H40O4/c1-29-16-13-22(34-28(33)20-7-5-4-6-8-20)19-21(29)9-10-23-24-11-12-26(30(24,2)17-14-25(23)29)31(3)18-15-27(32)35-31/h4-9,22-26H,10-19H2,1-3H3/t22-,23+,24+,25+,26+,29-,30-,31+/m0/s1. The Morgan fingerprint density at radius 1 is 0.971 bits per heavy atom. The molecule has 0 spiro atoms. The number of rotatable bonds is 3. The zero-order valence-corrected chi connectivity index (χ0v) is 21.6. The maximum absolute atomic E-state index is 12.7. The molecule has 4 aliphatic carbocycles. The Kier molecular flexibility index (Phi) is 5.47. The number of carbonyl (C=O) groups is 2. The summed E-state index contributed by atoms with van der Waals surface area (Å²) in [4.78, 5) is 24.7. The van der Waals surface area contributed by atoms with Gasteiger partial charge in [-0.1, -0.05) is 43.7 Å². The maximum Gasteiger partial charge on any atom is 0.338 e. The highest BCUT2D eigenvalue weighted by Crippen LogP contribution is 2.68. The molecule has 5 aliphatic rings. The van der Waals surface area contributed by atoms with Gasteiger partial charge in [0.05, 0.1) is 5.56 Å². The van der Waals surface area contributed by atoms with Gasteiger partial charge in [-0.3, -0.25) is 4.79 Å². The quantitative estimate of drug-likeness (QED) is 0.352. The van der Waals surface area contributed by atoms with Crippen LogP contribution in [0.2, 0.25) is 0 Å². The molecule has 35 heavy (non-hydrogen) atoms. The summed E-state index contributed by atoms with van der Waals surface area (Å²) in [7, 11) is 0. The Labute approximate surface area is 209 Å². The molecule has 4 nitrogen and oxygen atoms in total. The van der Waals surface area contributed by atoms with E-state index in [1.54, 1.807) is 0 Å². The minimum absolute atomic E-state index is 0.00397. The molecule has 0 aromatic heterocycles. The van der Waals surface area contributed by atoms with Gasteiger partial charge in [-0.05, 0) is 99.0 Å². The largest absolute Gasteiger partial charge is 0.459 e. The Hall–Kier alpha value is -2.10. The van der Waals surface area contributed by atoms with E-state index in [1.807, 2.05) is 30.3 Å². The molecule has 0 amide bonds. The number of benzene rings is 1. The Balaban J connectivity index is 1.19. The zero-order valence-electron chi connectivity index (χ0n) is 21.6. The van der Waals surface area contributed by atoms with Crippen molar-refractivity contribution in [1.29, 1.82) is 0 Å². The number of carbonyl (C=O) groups excluding carboxylic acids is 2. The molecule has 1 saturated heterocycles. The maximum atomic E-state index is 12.7. The molecular formula is C31H40O4. The molecule has 4 fully saturated rings. The molecule has 0 unspecified atom stereocenters. The van der Waals surface area contributed by atoms with E-state index in [0.29, 0.717) is 29.7 Å². The summed E-state index contributed by atoms with van der Waals surface area (Å²) in [6.45, 7) is 7.23. The lowest BCUT2D eigenvalue weighted by atomic mass is 9.46. The molecule has 4 heteroatoms. The molecular weight excluding hydrogens is 436 g/mol. The summed E-state index contributed by atoms with van der Waals surface area (Å²) in [6.07, 6.45) is 13.0. The number of allylic oxidation sites excluding steroid dienone is 1. The third kappa shape index (κ3) is 3.61. The van der Waals surface area contributed by atoms with Gasteiger partial charge < -0.3 is 9.47 Å². The predicted molar refractivity (Wildman–Crippen MR) is 135 cm³/mol. The van der Waals surface area contributed by atoms with Crippen LogP contribution in [0.5, 0.6) is 0 Å². The molecule has 1 aromatic carbocycles. The highest BCUT2D eigenvalue weighted by atomic mass is 16.6. The second-order valence-electron chi connectivity index (χ2n) is 12.9. The van der Waals surface area contributed by atoms with Crippen LogP contribution in [0, 0.1) is 34.5 Å². The molecule has 0 N–H and O–H groups in total. The topological polar surface area (TPSA) is 52.6 Å². The third-order valence-electron chi connectivity index (χ3n) is 11.3. The molecule has 0 radical (unpaired) electrons. The van der Waals surface area contributed by atoms with Gasteiger partial charge in [-0.25, -0.2) is 4.79 Å². The summed E-state index contributed by atoms with van der Waals surface area (Å²) in [5.41, 5.74) is 2.40. The first-order valence-corrected chi connectivity index (χ1v) is 13.9. The molecule has 188 valence electrons. The van der Waals surface area contributed by atoms with Gasteiger partial charge in [0, 0.05) is 18.8 Å². The van der Waals surface area contributed by atoms with Gasteiger partial charge in [0.25, 0.3) is 0 Å². The number of ether oxygens (including phenoxy) is 2. The number of esters is 2. The lowest BCUT2D eigenvalue weighted by Crippen LogP contribution is -2.53. The molecule has 0 bridgehead atoms. The fraction of sp³-hybridized carbons (Fsp3) is 0.677. The number of cyclic esters (lactones) is 1. The second kappa shape index (κ2) is 8.21. The van der Waals surface area contributed by atoms with E-state index in [1.165, 1.54) is 31.3 Å². The van der Waals surface area contributed by atoms with E-state index < -0.39 is 0 Å². The van der Waals surface area contributed by atoms with Crippen molar-refractivity contribution in [2.24, 2.45) is 34.5 Å². The zero-order chi connectivity index (χ0) is 24.4. The van der Waals surface area contributed by atoms with Crippen LogP contribution in [0.15, 0.2) is 42.0 Å². The third-order valence-corrected chi connectivity index (χ3v) is 11.3. The SMILES string of the molecule is C[C@]12CC[C@@H]3[C@H](CC=C4C[C@@H](OC(=O)c5ccccc5)CC[C@@]43C)[C@H]1CC[C@H]2[C@@]1(C)CCC(=O)O1. The minimum Gasteiger partial charge on any atom is -0.459 e. The number of fused-ring (bicyclic) bond motifs is 5. The van der Waals surface area contributed by atoms with Crippen LogP contribution in [0.3, 0.4) is 0 Å². The molecule has 1 heterocycles. The van der Waals surface area contributed by atoms with Crippen molar-refractivity contribution in [1.82, 2.24) is 0 Å². The summed E-state index contributed by atoms with van der Waals surface area (Å²) < 4.78 is 11.9. The van der Waals surface area contributed by atoms with Crippen molar-refractivity contribution in [2.75, 3.05) is 0 Å². The van der Waals surface area contributed by atoms with Crippen LogP contribution in [0.1, 0.15) is 95.3 Å². The van der Waals surface area contributed by atoms with E-state index in [4.69, 9.17) is 9.47 Å². The van der Waals surface area contributed by atoms with E-state index in [0.717, 1.165) is 38.0 Å². The van der Waals surface area contributed by atoms with Crippen molar-refractivity contribution < 1.29 is 19.1 Å². The predicted octanol–water partition coefficient (Wildman–Crippen LogP) is 6.89. The van der Waals surface area contributed by atoms with Crippen LogP contribution in [0.4, 0.5) is 0 Å². The summed E-state index contributed by atoms with van der Waals surface area (Å²) in [5.74, 6) is 2.43. The fourth-order valence-electron chi connectivity index (χ4n) is 9.48. The Bertz CT molecular complexity index is 1050. The van der Waals surface area contributed by atoms with Gasteiger partial charge in [0.2, 0.25) is 0 Å². The van der Waals surface area contributed by atoms with Crippen LogP contribution >= 0.6 is 0 Å². The van der Waals surface area contributed by atoms with E-state index in [-0.39, 0.29) is 34.5 Å². The van der Waals surface area contributed by atoms with Crippen molar-refractivity contribution in [3.05, 3.63) is 47.5 Å². The second-order valence-corrected chi connectivity index (χ2v) is 12.9. The first kappa shape index (κ1) is 23.3. The summed E-state index contributed by atoms with van der Waals surface area (Å²) >= 11 is 0. The number of hydrogen-bond donors (Lipinski definition) is 0. The van der Waals surface area contributed by atoms with Crippen molar-refractivity contribution in [2.45, 2.75) is 96.7 Å². The first-order chi connectivity index (χ1) is 16.7. The van der Waals surface area contributed by atoms with Gasteiger partial charge in [-0.2, -0.15) is 0 Å². The summed E-state index contributed by atoms with van der Waals surface area (Å²) in [5, 5.41) is 0. The van der Waals surface area contributed by atoms with E-state index in [9.17, 15) is 9.59 Å².